The van der Waals surface area contributed by atoms with Crippen LogP contribution in [0.25, 0.3) is 0 Å². The van der Waals surface area contributed by atoms with E-state index in [-0.39, 0.29) is 140 Å². The van der Waals surface area contributed by atoms with Gasteiger partial charge in [0.2, 0.25) is 5.69 Å². The molecular formula is C37H111N2P44+. The Labute approximate surface area is 592 Å². The molecule has 1 heterocycles. The van der Waals surface area contributed by atoms with Crippen molar-refractivity contribution in [2.45, 2.75) is 101 Å². The van der Waals surface area contributed by atoms with Crippen molar-refractivity contribution in [3.8, 4) is 0 Å². The molecule has 0 N–H and O–H groups in total. The van der Waals surface area contributed by atoms with Gasteiger partial charge in [0.1, 0.15) is 13.3 Å². The van der Waals surface area contributed by atoms with Gasteiger partial charge in [-0.25, -0.2) is 4.58 Å². The van der Waals surface area contributed by atoms with Gasteiger partial charge in [0.25, 0.3) is 0 Å². The zero-order valence-electron chi connectivity index (χ0n) is 49.6. The van der Waals surface area contributed by atoms with Crippen LogP contribution in [0.1, 0.15) is 101 Å². The van der Waals surface area contributed by atoms with Crippen LogP contribution >= 0.6 is 354 Å². The molecule has 2 aliphatic carbocycles. The van der Waals surface area contributed by atoms with Gasteiger partial charge in [0.05, 0.1) is 0 Å². The molecule has 31 atom stereocenters. The third-order valence-corrected chi connectivity index (χ3v) is 289. The highest BCUT2D eigenvalue weighted by Crippen LogP contribution is 3.34. The number of anilines is 1. The predicted octanol–water partition coefficient (Wildman–Crippen LogP) is 36.5. The highest BCUT2D eigenvalue weighted by atomic mass is 33.4. The minimum absolute atomic E-state index is 0. The van der Waals surface area contributed by atoms with E-state index in [9.17, 15) is 0 Å². The van der Waals surface area contributed by atoms with Gasteiger partial charge in [-0.15, -0.1) is 205 Å². The first-order valence-corrected chi connectivity index (χ1v) is 104. The number of hydrogen-bond acceptors (Lipinski definition) is 1. The maximum atomic E-state index is 3.29. The first-order chi connectivity index (χ1) is 38.7. The van der Waals surface area contributed by atoms with Gasteiger partial charge >= 0.3 is 0 Å². The molecule has 5 rings (SSSR count). The molecule has 0 saturated carbocycles. The molecule has 83 heavy (non-hydrogen) atoms. The summed E-state index contributed by atoms with van der Waals surface area (Å²) >= 11 is 0. The van der Waals surface area contributed by atoms with E-state index in [0.717, 1.165) is 28.3 Å². The standard InChI is InChI=1S/C14H17N.C9H12N.C5H6.4C2H6.CH4.H25P23.H23P21/c1-10-11-7-5-8-12(11)13-6-3-4-9-14(13)15(10)2;1-3-10(2)9-7-5-4-6-8-9;1-2-4-5-3-1;4*1-2;;1-13-19(12)22(18(10)11)23(20(14(2)3)15(4)5)21(16(6)7)17(8)9;1-12-18(13(2)3)21(19(14(4)5)15(6)7)20(16(8)9)17(10)11/h3-6,8-12H,7H2,1-2H3;3-8H,1-2H3;1-4H,5H2;4*1-2H3;1H4;13H,1-12H2;12H,1-11H2/q;+1;;;;;;;;. The second-order valence-corrected chi connectivity index (χ2v) is 185. The van der Waals surface area contributed by atoms with Crippen LogP contribution in [0.15, 0.2) is 91.1 Å². The Hall–Kier alpha value is 16.0. The third kappa shape index (κ3) is 43.6. The highest BCUT2D eigenvalue weighted by Gasteiger charge is 2.46. The molecular weight excluding hydrogens is 1840 g/mol. The Bertz CT molecular complexity index is 1870. The van der Waals surface area contributed by atoms with Crippen LogP contribution in [0.5, 0.6) is 0 Å². The minimum Gasteiger partial charge on any atom is -0.371 e. The van der Waals surface area contributed by atoms with E-state index in [1.165, 1.54) is 23.4 Å². The average Bonchev–Trinajstić information content (AvgIpc) is 4.25. The number of rotatable bonds is 20. The van der Waals surface area contributed by atoms with Crippen LogP contribution in [0.4, 0.5) is 11.4 Å². The molecule has 0 aromatic heterocycles. The summed E-state index contributed by atoms with van der Waals surface area (Å²) in [6, 6.07) is 19.7. The Balaban J connectivity index is -0.000000309. The van der Waals surface area contributed by atoms with E-state index < -0.39 is 0 Å². The summed E-state index contributed by atoms with van der Waals surface area (Å²) in [5, 5.41) is 0. The molecule has 3 aliphatic rings. The van der Waals surface area contributed by atoms with Gasteiger partial charge in [-0.05, 0) is 170 Å². The summed E-state index contributed by atoms with van der Waals surface area (Å²) in [5.41, 5.74) is 4.15. The van der Waals surface area contributed by atoms with Gasteiger partial charge in [0.15, 0.2) is 0 Å². The van der Waals surface area contributed by atoms with Crippen molar-refractivity contribution in [2.75, 3.05) is 19.0 Å². The fourth-order valence-corrected chi connectivity index (χ4v) is 540. The molecule has 1 aliphatic heterocycles. The topological polar surface area (TPSA) is 6.25 Å². The first-order valence-electron chi connectivity index (χ1n) is 24.9. The van der Waals surface area contributed by atoms with E-state index in [4.69, 9.17) is 0 Å². The minimum atomic E-state index is 0. The molecule has 0 saturated heterocycles. The van der Waals surface area contributed by atoms with E-state index in [0.29, 0.717) is 12.0 Å². The zero-order chi connectivity index (χ0) is 64.7. The van der Waals surface area contributed by atoms with Crippen LogP contribution in [0.3, 0.4) is 0 Å². The van der Waals surface area contributed by atoms with E-state index in [1.807, 2.05) is 93.8 Å². The maximum Gasteiger partial charge on any atom is 0.204 e. The Morgan fingerprint density at radius 3 is 1.16 bits per heavy atom. The van der Waals surface area contributed by atoms with Gasteiger partial charge in [0, 0.05) is 43.8 Å². The Kier molecular flexibility index (Phi) is 87.4. The Morgan fingerprint density at radius 2 is 0.843 bits per heavy atom. The smallest absolute Gasteiger partial charge is 0.204 e. The first kappa shape index (κ1) is 108. The largest absolute Gasteiger partial charge is 0.371 e. The van der Waals surface area contributed by atoms with Gasteiger partial charge in [-0.3, -0.25) is 0 Å². The molecule has 2 aromatic carbocycles. The lowest BCUT2D eigenvalue weighted by Gasteiger charge is -2.47. The summed E-state index contributed by atoms with van der Waals surface area (Å²) < 4.78 is 2.08. The van der Waals surface area contributed by atoms with Crippen molar-refractivity contribution < 1.29 is 4.58 Å². The molecule has 0 bridgehead atoms. The molecule has 2 nitrogen and oxygen atoms in total. The fourth-order valence-electron chi connectivity index (χ4n) is 6.51. The van der Waals surface area contributed by atoms with E-state index >= 15 is 0 Å². The van der Waals surface area contributed by atoms with Crippen molar-refractivity contribution in [1.29, 1.82) is 0 Å². The number of benzene rings is 2. The number of fused-ring (bicyclic) bond motifs is 3. The third-order valence-electron chi connectivity index (χ3n) is 9.81. The molecule has 488 valence electrons. The highest BCUT2D eigenvalue weighted by molar-refractivity contribution is 9.40. The number of nitrogens with zero attached hydrogens (tertiary/aromatic N) is 2. The monoisotopic (exact) mass is 1950 g/mol. The lowest BCUT2D eigenvalue weighted by atomic mass is 9.79. The van der Waals surface area contributed by atoms with Crippen molar-refractivity contribution in [3.63, 3.8) is 0 Å². The summed E-state index contributed by atoms with van der Waals surface area (Å²) in [4.78, 5) is 2.43. The summed E-state index contributed by atoms with van der Waals surface area (Å²) in [5.74, 6) is 1.44. The van der Waals surface area contributed by atoms with Crippen molar-refractivity contribution >= 4 is 372 Å². The number of hydrogen-bond donors (Lipinski definition) is 0. The van der Waals surface area contributed by atoms with Crippen LogP contribution in [-0.2, 0) is 0 Å². The number of para-hydroxylation sites is 2. The van der Waals surface area contributed by atoms with E-state index in [1.54, 1.807) is 0 Å². The quantitative estimate of drug-likeness (QED) is 0.0554. The van der Waals surface area contributed by atoms with Crippen LogP contribution < -0.4 is 4.90 Å². The SMILES string of the molecule is C.C1=CCC=C1.CC.CC.CC.CC.CC1C2CC=CC2c2ccccc2N1C.CC=[N+](C)c1ccccc1.PPP(P(P)P)P(P(P(P)P)P(P)P)P(P(P)P)P(P)P.PPP(P)P(P(P)P)P(P(P(P)P)P(P)P)P(P(P)P)P(P)P. The molecule has 2 aromatic rings. The van der Waals surface area contributed by atoms with Crippen LogP contribution in [0, 0.1) is 5.92 Å². The lowest BCUT2D eigenvalue weighted by Crippen LogP contribution is -2.41. The van der Waals surface area contributed by atoms with Crippen molar-refractivity contribution in [1.82, 2.24) is 0 Å². The normalized spacial score (nSPS) is 17.2. The van der Waals surface area contributed by atoms with Gasteiger partial charge in [-0.1, -0.05) is 152 Å². The van der Waals surface area contributed by atoms with E-state index in [2.05, 4.69) is 302 Å². The second-order valence-electron chi connectivity index (χ2n) is 14.6. The molecule has 0 spiro atoms. The fraction of sp³-hybridized carbons (Fsp3) is 0.486. The maximum absolute atomic E-state index is 3.29. The summed E-state index contributed by atoms with van der Waals surface area (Å²) in [7, 11) is 79.7. The van der Waals surface area contributed by atoms with Gasteiger partial charge < -0.3 is 4.90 Å². The van der Waals surface area contributed by atoms with Crippen LogP contribution in [-0.4, -0.2) is 30.9 Å². The summed E-state index contributed by atoms with van der Waals surface area (Å²) in [6.07, 6.45) is 17.5. The predicted molar refractivity (Wildman–Crippen MR) is 555 cm³/mol. The molecule has 0 radical (unpaired) electrons. The molecule has 0 fully saturated rings. The second kappa shape index (κ2) is 67.4. The van der Waals surface area contributed by atoms with Crippen LogP contribution in [0.2, 0.25) is 0 Å². The Morgan fingerprint density at radius 1 is 0.482 bits per heavy atom. The zero-order valence-corrected chi connectivity index (χ0v) is 95.1. The van der Waals surface area contributed by atoms with Crippen molar-refractivity contribution in [2.24, 2.45) is 5.92 Å². The molecule has 0 amide bonds. The molecule has 46 heteroatoms. The average molecular weight is 1950 g/mol. The molecule has 31 unspecified atom stereocenters. The lowest BCUT2D eigenvalue weighted by molar-refractivity contribution is -0.400. The summed E-state index contributed by atoms with van der Waals surface area (Å²) in [6.45, 7) is 21.8. The van der Waals surface area contributed by atoms with Gasteiger partial charge in [-0.2, -0.15) is 0 Å². The number of allylic oxidation sites excluding steroid dienone is 6. The van der Waals surface area contributed by atoms with Crippen molar-refractivity contribution in [3.05, 3.63) is 96.6 Å².